The van der Waals surface area contributed by atoms with E-state index < -0.39 is 12.0 Å². The van der Waals surface area contributed by atoms with E-state index in [1.807, 2.05) is 6.92 Å². The van der Waals surface area contributed by atoms with Gasteiger partial charge in [0, 0.05) is 24.6 Å². The van der Waals surface area contributed by atoms with Gasteiger partial charge in [0.05, 0.1) is 0 Å². The van der Waals surface area contributed by atoms with Gasteiger partial charge in [-0.15, -0.1) is 0 Å². The highest BCUT2D eigenvalue weighted by Gasteiger charge is 2.37. The quantitative estimate of drug-likeness (QED) is 0.837. The fourth-order valence-corrected chi connectivity index (χ4v) is 2.96. The van der Waals surface area contributed by atoms with E-state index >= 15 is 0 Å². The maximum absolute atomic E-state index is 12.2. The first-order valence-electron chi connectivity index (χ1n) is 6.05. The number of thioether (sulfide) groups is 1. The summed E-state index contributed by atoms with van der Waals surface area (Å²) in [5.41, 5.74) is 0. The summed E-state index contributed by atoms with van der Waals surface area (Å²) in [6.45, 7) is 5.53. The highest BCUT2D eigenvalue weighted by molar-refractivity contribution is 8.14. The number of carboxylic acid groups (broad SMARTS) is 1. The van der Waals surface area contributed by atoms with Gasteiger partial charge in [-0.25, -0.2) is 4.79 Å². The van der Waals surface area contributed by atoms with Gasteiger partial charge < -0.3 is 10.0 Å². The molecule has 1 saturated heterocycles. The van der Waals surface area contributed by atoms with E-state index in [1.165, 1.54) is 11.8 Å². The summed E-state index contributed by atoms with van der Waals surface area (Å²) < 4.78 is 0. The molecule has 1 fully saturated rings. The van der Waals surface area contributed by atoms with Crippen LogP contribution in [0.25, 0.3) is 0 Å². The molecule has 1 amide bonds. The third-order valence-electron chi connectivity index (χ3n) is 3.27. The average molecular weight is 273 g/mol. The van der Waals surface area contributed by atoms with Crippen molar-refractivity contribution in [2.75, 3.05) is 6.54 Å². The van der Waals surface area contributed by atoms with Crippen LogP contribution in [0.1, 0.15) is 33.6 Å². The molecule has 1 N–H and O–H groups in total. The molecular weight excluding hydrogens is 254 g/mol. The van der Waals surface area contributed by atoms with Crippen molar-refractivity contribution in [2.45, 2.75) is 44.9 Å². The fraction of sp³-hybridized carbons (Fsp3) is 0.750. The number of carboxylic acids is 1. The van der Waals surface area contributed by atoms with Gasteiger partial charge in [0.15, 0.2) is 5.12 Å². The van der Waals surface area contributed by atoms with E-state index in [4.69, 9.17) is 5.11 Å². The molecule has 1 aliphatic rings. The van der Waals surface area contributed by atoms with Crippen molar-refractivity contribution in [1.82, 2.24) is 4.90 Å². The normalized spacial score (nSPS) is 22.6. The number of amides is 1. The zero-order chi connectivity index (χ0) is 13.9. The predicted molar refractivity (Wildman–Crippen MR) is 69.3 cm³/mol. The Morgan fingerprint density at radius 2 is 1.94 bits per heavy atom. The van der Waals surface area contributed by atoms with E-state index in [-0.39, 0.29) is 22.2 Å². The second-order valence-corrected chi connectivity index (χ2v) is 6.19. The molecule has 6 heteroatoms. The average Bonchev–Trinajstić information content (AvgIpc) is 2.74. The largest absolute Gasteiger partial charge is 0.480 e. The Labute approximate surface area is 111 Å². The first kappa shape index (κ1) is 15.0. The van der Waals surface area contributed by atoms with E-state index in [2.05, 4.69) is 0 Å². The number of nitrogens with zero attached hydrogens (tertiary/aromatic N) is 1. The molecule has 0 aliphatic carbocycles. The molecule has 0 aromatic rings. The Hall–Kier alpha value is -1.04. The molecule has 0 saturated carbocycles. The van der Waals surface area contributed by atoms with Crippen molar-refractivity contribution >= 4 is 28.8 Å². The van der Waals surface area contributed by atoms with Gasteiger partial charge in [-0.1, -0.05) is 25.6 Å². The number of carbonyl (C=O) groups is 3. The molecule has 1 aliphatic heterocycles. The van der Waals surface area contributed by atoms with E-state index in [9.17, 15) is 14.4 Å². The molecule has 1 rings (SSSR count). The van der Waals surface area contributed by atoms with Crippen LogP contribution in [0.5, 0.6) is 0 Å². The van der Waals surface area contributed by atoms with Gasteiger partial charge in [0.1, 0.15) is 6.04 Å². The van der Waals surface area contributed by atoms with Crippen molar-refractivity contribution in [3.05, 3.63) is 0 Å². The van der Waals surface area contributed by atoms with Crippen LogP contribution >= 0.6 is 11.8 Å². The number of carbonyl (C=O) groups excluding carboxylic acids is 2. The van der Waals surface area contributed by atoms with Crippen LogP contribution in [-0.2, 0) is 14.4 Å². The molecule has 5 nitrogen and oxygen atoms in total. The second-order valence-electron chi connectivity index (χ2n) is 4.63. The van der Waals surface area contributed by atoms with Crippen LogP contribution in [0.3, 0.4) is 0 Å². The third-order valence-corrected chi connectivity index (χ3v) is 4.38. The molecule has 102 valence electrons. The van der Waals surface area contributed by atoms with Crippen LogP contribution < -0.4 is 0 Å². The lowest BCUT2D eigenvalue weighted by molar-refractivity contribution is -0.149. The minimum Gasteiger partial charge on any atom is -0.480 e. The lowest BCUT2D eigenvalue weighted by atomic mass is 10.1. The molecule has 0 aromatic heterocycles. The van der Waals surface area contributed by atoms with Crippen molar-refractivity contribution < 1.29 is 19.5 Å². The Bertz CT molecular complexity index is 358. The summed E-state index contributed by atoms with van der Waals surface area (Å²) in [6, 6.07) is -0.700. The smallest absolute Gasteiger partial charge is 0.326 e. The van der Waals surface area contributed by atoms with Crippen LogP contribution in [0, 0.1) is 5.92 Å². The van der Waals surface area contributed by atoms with Crippen LogP contribution in [0.4, 0.5) is 0 Å². The minimum absolute atomic E-state index is 0.0293. The summed E-state index contributed by atoms with van der Waals surface area (Å²) in [6.07, 6.45) is 1.24. The lowest BCUT2D eigenvalue weighted by Crippen LogP contribution is -2.44. The van der Waals surface area contributed by atoms with Crippen molar-refractivity contribution in [3.8, 4) is 0 Å². The highest BCUT2D eigenvalue weighted by Crippen LogP contribution is 2.26. The standard InChI is InChI=1S/C12H19NO4S/c1-7(8(2)18-9(3)14)11(15)13-6-4-5-10(13)12(16)17/h7-8,10H,4-6H2,1-3H3,(H,16,17)/t7?,8?,10-/m0/s1. The van der Waals surface area contributed by atoms with Gasteiger partial charge in [-0.3, -0.25) is 9.59 Å². The monoisotopic (exact) mass is 273 g/mol. The maximum atomic E-state index is 12.2. The molecule has 1 heterocycles. The van der Waals surface area contributed by atoms with Gasteiger partial charge in [-0.05, 0) is 12.8 Å². The third kappa shape index (κ3) is 3.48. The first-order chi connectivity index (χ1) is 8.34. The Balaban J connectivity index is 2.68. The highest BCUT2D eigenvalue weighted by atomic mass is 32.2. The number of hydrogen-bond donors (Lipinski definition) is 1. The van der Waals surface area contributed by atoms with E-state index in [1.54, 1.807) is 6.92 Å². The molecule has 18 heavy (non-hydrogen) atoms. The summed E-state index contributed by atoms with van der Waals surface area (Å²) in [5, 5.41) is 8.88. The minimum atomic E-state index is -0.945. The SMILES string of the molecule is CC(=O)SC(C)C(C)C(=O)N1CCC[C@H]1C(=O)O. The first-order valence-corrected chi connectivity index (χ1v) is 6.93. The van der Waals surface area contributed by atoms with Gasteiger partial charge in [0.25, 0.3) is 0 Å². The van der Waals surface area contributed by atoms with E-state index in [0.717, 1.165) is 18.2 Å². The van der Waals surface area contributed by atoms with Crippen LogP contribution in [0.2, 0.25) is 0 Å². The Morgan fingerprint density at radius 1 is 1.33 bits per heavy atom. The van der Waals surface area contributed by atoms with Crippen LogP contribution in [0.15, 0.2) is 0 Å². The van der Waals surface area contributed by atoms with Crippen LogP contribution in [-0.4, -0.2) is 44.8 Å². The zero-order valence-electron chi connectivity index (χ0n) is 10.9. The number of likely N-dealkylation sites (tertiary alicyclic amines) is 1. The number of rotatable bonds is 4. The molecular formula is C12H19NO4S. The maximum Gasteiger partial charge on any atom is 0.326 e. The fourth-order valence-electron chi connectivity index (χ4n) is 2.11. The van der Waals surface area contributed by atoms with Gasteiger partial charge in [0.2, 0.25) is 5.91 Å². The lowest BCUT2D eigenvalue weighted by Gasteiger charge is -2.27. The van der Waals surface area contributed by atoms with Crippen molar-refractivity contribution in [2.24, 2.45) is 5.92 Å². The molecule has 2 unspecified atom stereocenters. The Morgan fingerprint density at radius 3 is 2.44 bits per heavy atom. The zero-order valence-corrected chi connectivity index (χ0v) is 11.7. The number of hydrogen-bond acceptors (Lipinski definition) is 4. The second kappa shape index (κ2) is 6.22. The van der Waals surface area contributed by atoms with Crippen molar-refractivity contribution in [1.29, 1.82) is 0 Å². The summed E-state index contributed by atoms with van der Waals surface area (Å²) >= 11 is 1.13. The summed E-state index contributed by atoms with van der Waals surface area (Å²) in [4.78, 5) is 35.7. The topological polar surface area (TPSA) is 74.7 Å². The predicted octanol–water partition coefficient (Wildman–Crippen LogP) is 1.37. The molecule has 0 radical (unpaired) electrons. The molecule has 0 spiro atoms. The van der Waals surface area contributed by atoms with E-state index in [0.29, 0.717) is 13.0 Å². The van der Waals surface area contributed by atoms with Gasteiger partial charge >= 0.3 is 5.97 Å². The molecule has 3 atom stereocenters. The summed E-state index contributed by atoms with van der Waals surface area (Å²) in [7, 11) is 0. The van der Waals surface area contributed by atoms with Crippen molar-refractivity contribution in [3.63, 3.8) is 0 Å². The molecule has 0 aromatic carbocycles. The van der Waals surface area contributed by atoms with Gasteiger partial charge in [-0.2, -0.15) is 0 Å². The molecule has 0 bridgehead atoms. The Kier molecular flexibility index (Phi) is 5.19. The number of aliphatic carboxylic acids is 1. The summed E-state index contributed by atoms with van der Waals surface area (Å²) in [5.74, 6) is -1.46.